The largest absolute Gasteiger partial charge is 0.326 e. The first-order valence-corrected chi connectivity index (χ1v) is 9.96. The van der Waals surface area contributed by atoms with E-state index in [-0.39, 0.29) is 28.8 Å². The van der Waals surface area contributed by atoms with E-state index in [1.807, 2.05) is 0 Å². The van der Waals surface area contributed by atoms with Crippen LogP contribution in [0.5, 0.6) is 0 Å². The van der Waals surface area contributed by atoms with Gasteiger partial charge in [0.1, 0.15) is 0 Å². The van der Waals surface area contributed by atoms with Crippen LogP contribution in [0, 0.1) is 18.3 Å². The van der Waals surface area contributed by atoms with Crippen LogP contribution < -0.4 is 15.4 Å². The van der Waals surface area contributed by atoms with Crippen LogP contribution in [0.15, 0.2) is 53.4 Å². The van der Waals surface area contributed by atoms with E-state index < -0.39 is 15.9 Å². The molecule has 0 fully saturated rings. The molecule has 28 heavy (non-hydrogen) atoms. The van der Waals surface area contributed by atoms with Gasteiger partial charge in [0.15, 0.2) is 0 Å². The molecule has 0 aliphatic carbocycles. The maximum Gasteiger partial charge on any atom is 0.255 e. The van der Waals surface area contributed by atoms with Crippen molar-refractivity contribution in [3.63, 3.8) is 0 Å². The predicted molar refractivity (Wildman–Crippen MR) is 108 cm³/mol. The quantitative estimate of drug-likeness (QED) is 0.622. The molecule has 2 amide bonds. The van der Waals surface area contributed by atoms with Crippen LogP contribution >= 0.6 is 0 Å². The molecule has 2 aromatic rings. The molecule has 146 valence electrons. The summed E-state index contributed by atoms with van der Waals surface area (Å²) in [6.45, 7) is 3.44. The Morgan fingerprint density at radius 1 is 1.04 bits per heavy atom. The van der Waals surface area contributed by atoms with Crippen LogP contribution in [0.2, 0.25) is 0 Å². The maximum absolute atomic E-state index is 12.4. The standard InChI is InChI=1S/C20H21N3O4S/c1-4-12-21-28(26,27)18-7-5-6-15(13-18)20(25)23-17-10-8-16(9-11-17)22-19(24)14(2)3/h1,5-11,13-14,21H,12H2,2-3H3,(H,22,24)(H,23,25). The van der Waals surface area contributed by atoms with Crippen LogP contribution in [0.4, 0.5) is 11.4 Å². The lowest BCUT2D eigenvalue weighted by atomic mass is 10.2. The summed E-state index contributed by atoms with van der Waals surface area (Å²) < 4.78 is 26.5. The number of hydrogen-bond acceptors (Lipinski definition) is 4. The van der Waals surface area contributed by atoms with E-state index in [0.29, 0.717) is 11.4 Å². The second-order valence-electron chi connectivity index (χ2n) is 6.23. The number of rotatable bonds is 7. The molecular formula is C20H21N3O4S. The van der Waals surface area contributed by atoms with E-state index in [1.165, 1.54) is 24.3 Å². The fraction of sp³-hybridized carbons (Fsp3) is 0.200. The van der Waals surface area contributed by atoms with Crippen LogP contribution in [-0.4, -0.2) is 26.8 Å². The molecule has 0 aliphatic rings. The summed E-state index contributed by atoms with van der Waals surface area (Å²) in [4.78, 5) is 24.1. The Balaban J connectivity index is 2.10. The molecule has 0 heterocycles. The van der Waals surface area contributed by atoms with Gasteiger partial charge in [-0.05, 0) is 42.5 Å². The van der Waals surface area contributed by atoms with Crippen LogP contribution in [0.3, 0.4) is 0 Å². The van der Waals surface area contributed by atoms with Gasteiger partial charge in [0.25, 0.3) is 5.91 Å². The number of carbonyl (C=O) groups is 2. The highest BCUT2D eigenvalue weighted by molar-refractivity contribution is 7.89. The molecule has 0 unspecified atom stereocenters. The summed E-state index contributed by atoms with van der Waals surface area (Å²) in [5, 5.41) is 5.44. The third-order valence-corrected chi connectivity index (χ3v) is 5.10. The molecule has 0 aliphatic heterocycles. The molecule has 0 spiro atoms. The van der Waals surface area contributed by atoms with Crippen molar-refractivity contribution in [2.75, 3.05) is 17.2 Å². The van der Waals surface area contributed by atoms with Crippen molar-refractivity contribution in [1.82, 2.24) is 4.72 Å². The monoisotopic (exact) mass is 399 g/mol. The van der Waals surface area contributed by atoms with Crippen LogP contribution in [0.1, 0.15) is 24.2 Å². The minimum atomic E-state index is -3.79. The van der Waals surface area contributed by atoms with Crippen molar-refractivity contribution in [2.45, 2.75) is 18.7 Å². The Kier molecular flexibility index (Phi) is 6.93. The number of carbonyl (C=O) groups excluding carboxylic acids is 2. The molecule has 3 N–H and O–H groups in total. The second-order valence-corrected chi connectivity index (χ2v) is 8.00. The lowest BCUT2D eigenvalue weighted by molar-refractivity contribution is -0.118. The van der Waals surface area contributed by atoms with Gasteiger partial charge in [-0.1, -0.05) is 25.8 Å². The molecule has 8 heteroatoms. The van der Waals surface area contributed by atoms with Gasteiger partial charge >= 0.3 is 0 Å². The number of terminal acetylenes is 1. The van der Waals surface area contributed by atoms with Crippen molar-refractivity contribution in [3.8, 4) is 12.3 Å². The minimum Gasteiger partial charge on any atom is -0.326 e. The van der Waals surface area contributed by atoms with Gasteiger partial charge in [0, 0.05) is 22.9 Å². The average Bonchev–Trinajstić information content (AvgIpc) is 2.68. The first kappa shape index (κ1) is 21.2. The average molecular weight is 399 g/mol. The molecule has 0 aromatic heterocycles. The summed E-state index contributed by atoms with van der Waals surface area (Å²) in [5.41, 5.74) is 1.30. The lowest BCUT2D eigenvalue weighted by Crippen LogP contribution is -2.24. The summed E-state index contributed by atoms with van der Waals surface area (Å²) in [6, 6.07) is 12.2. The smallest absolute Gasteiger partial charge is 0.255 e. The number of benzene rings is 2. The van der Waals surface area contributed by atoms with Crippen molar-refractivity contribution in [2.24, 2.45) is 5.92 Å². The zero-order chi connectivity index (χ0) is 20.7. The summed E-state index contributed by atoms with van der Waals surface area (Å²) in [7, 11) is -3.79. The molecule has 2 rings (SSSR count). The van der Waals surface area contributed by atoms with Gasteiger partial charge in [-0.3, -0.25) is 9.59 Å². The highest BCUT2D eigenvalue weighted by atomic mass is 32.2. The first-order valence-electron chi connectivity index (χ1n) is 8.48. The lowest BCUT2D eigenvalue weighted by Gasteiger charge is -2.10. The molecular weight excluding hydrogens is 378 g/mol. The molecule has 0 saturated carbocycles. The maximum atomic E-state index is 12.4. The fourth-order valence-corrected chi connectivity index (χ4v) is 3.13. The van der Waals surface area contributed by atoms with Gasteiger partial charge in [-0.2, -0.15) is 4.72 Å². The number of hydrogen-bond donors (Lipinski definition) is 3. The zero-order valence-electron chi connectivity index (χ0n) is 15.5. The van der Waals surface area contributed by atoms with Gasteiger partial charge in [-0.15, -0.1) is 6.42 Å². The van der Waals surface area contributed by atoms with Crippen LogP contribution in [0.25, 0.3) is 0 Å². The van der Waals surface area contributed by atoms with Gasteiger partial charge in [0.05, 0.1) is 11.4 Å². The van der Waals surface area contributed by atoms with E-state index >= 15 is 0 Å². The SMILES string of the molecule is C#CCNS(=O)(=O)c1cccc(C(=O)Nc2ccc(NC(=O)C(C)C)cc2)c1. The Labute approximate surface area is 164 Å². The number of amides is 2. The zero-order valence-corrected chi connectivity index (χ0v) is 16.3. The summed E-state index contributed by atoms with van der Waals surface area (Å²) in [5.74, 6) is 1.48. The van der Waals surface area contributed by atoms with E-state index in [4.69, 9.17) is 6.42 Å². The molecule has 7 nitrogen and oxygen atoms in total. The van der Waals surface area contributed by atoms with Crippen molar-refractivity contribution in [3.05, 3.63) is 54.1 Å². The Bertz CT molecular complexity index is 1010. The van der Waals surface area contributed by atoms with Crippen molar-refractivity contribution in [1.29, 1.82) is 0 Å². The van der Waals surface area contributed by atoms with Crippen molar-refractivity contribution >= 4 is 33.2 Å². The van der Waals surface area contributed by atoms with Gasteiger partial charge in [-0.25, -0.2) is 8.42 Å². The van der Waals surface area contributed by atoms with E-state index in [9.17, 15) is 18.0 Å². The van der Waals surface area contributed by atoms with E-state index in [2.05, 4.69) is 21.3 Å². The van der Waals surface area contributed by atoms with Gasteiger partial charge in [0.2, 0.25) is 15.9 Å². The summed E-state index contributed by atoms with van der Waals surface area (Å²) >= 11 is 0. The Morgan fingerprint density at radius 3 is 2.21 bits per heavy atom. The van der Waals surface area contributed by atoms with Crippen molar-refractivity contribution < 1.29 is 18.0 Å². The highest BCUT2D eigenvalue weighted by Crippen LogP contribution is 2.17. The number of sulfonamides is 1. The topological polar surface area (TPSA) is 104 Å². The van der Waals surface area contributed by atoms with E-state index in [0.717, 1.165) is 0 Å². The minimum absolute atomic E-state index is 0.0536. The normalized spacial score (nSPS) is 10.9. The van der Waals surface area contributed by atoms with E-state index in [1.54, 1.807) is 38.1 Å². The first-order chi connectivity index (χ1) is 13.2. The molecule has 0 atom stereocenters. The molecule has 0 bridgehead atoms. The second kappa shape index (κ2) is 9.17. The third-order valence-electron chi connectivity index (χ3n) is 3.71. The Morgan fingerprint density at radius 2 is 1.64 bits per heavy atom. The number of anilines is 2. The van der Waals surface area contributed by atoms with Gasteiger partial charge < -0.3 is 10.6 Å². The highest BCUT2D eigenvalue weighted by Gasteiger charge is 2.16. The number of nitrogens with one attached hydrogen (secondary N) is 3. The summed E-state index contributed by atoms with van der Waals surface area (Å²) in [6.07, 6.45) is 5.07. The molecule has 0 radical (unpaired) electrons. The Hall–Kier alpha value is -3.15. The van der Waals surface area contributed by atoms with Crippen LogP contribution in [-0.2, 0) is 14.8 Å². The molecule has 2 aromatic carbocycles. The fourth-order valence-electron chi connectivity index (χ4n) is 2.15. The predicted octanol–water partition coefficient (Wildman–Crippen LogP) is 2.44. The third kappa shape index (κ3) is 5.67. The molecule has 0 saturated heterocycles.